The highest BCUT2D eigenvalue weighted by Crippen LogP contribution is 2.28. The van der Waals surface area contributed by atoms with E-state index in [2.05, 4.69) is 9.97 Å². The number of benzene rings is 2. The Bertz CT molecular complexity index is 790. The van der Waals surface area contributed by atoms with Gasteiger partial charge in [0.15, 0.2) is 5.16 Å². The SMILES string of the molecule is COc1ccc2nc(SCc3ccc(F)cc3Cl)[nH]c2c1. The summed E-state index contributed by atoms with van der Waals surface area (Å²) in [5.74, 6) is 1.07. The third-order valence-corrected chi connectivity index (χ3v) is 4.32. The Morgan fingerprint density at radius 2 is 2.14 bits per heavy atom. The van der Waals surface area contributed by atoms with Crippen molar-refractivity contribution < 1.29 is 9.13 Å². The van der Waals surface area contributed by atoms with Crippen LogP contribution in [0.15, 0.2) is 41.6 Å². The number of halogens is 2. The first kappa shape index (κ1) is 14.2. The summed E-state index contributed by atoms with van der Waals surface area (Å²) in [4.78, 5) is 7.71. The number of hydrogen-bond donors (Lipinski definition) is 1. The number of H-pyrrole nitrogens is 1. The molecule has 1 heterocycles. The van der Waals surface area contributed by atoms with E-state index in [4.69, 9.17) is 16.3 Å². The lowest BCUT2D eigenvalue weighted by molar-refractivity contribution is 0.415. The third kappa shape index (κ3) is 3.14. The minimum Gasteiger partial charge on any atom is -0.497 e. The number of thioether (sulfide) groups is 1. The van der Waals surface area contributed by atoms with E-state index in [1.54, 1.807) is 13.2 Å². The molecule has 0 radical (unpaired) electrons. The number of hydrogen-bond acceptors (Lipinski definition) is 3. The zero-order chi connectivity index (χ0) is 14.8. The Labute approximate surface area is 130 Å². The van der Waals surface area contributed by atoms with Crippen molar-refractivity contribution in [3.63, 3.8) is 0 Å². The Kier molecular flexibility index (Phi) is 4.03. The molecule has 21 heavy (non-hydrogen) atoms. The van der Waals surface area contributed by atoms with E-state index >= 15 is 0 Å². The van der Waals surface area contributed by atoms with Crippen molar-refractivity contribution in [3.8, 4) is 5.75 Å². The van der Waals surface area contributed by atoms with E-state index in [0.29, 0.717) is 10.8 Å². The summed E-state index contributed by atoms with van der Waals surface area (Å²) in [5.41, 5.74) is 2.67. The highest BCUT2D eigenvalue weighted by molar-refractivity contribution is 7.98. The largest absolute Gasteiger partial charge is 0.497 e. The highest BCUT2D eigenvalue weighted by atomic mass is 35.5. The number of fused-ring (bicyclic) bond motifs is 1. The molecule has 6 heteroatoms. The summed E-state index contributed by atoms with van der Waals surface area (Å²) in [7, 11) is 1.63. The van der Waals surface area contributed by atoms with Crippen LogP contribution in [-0.4, -0.2) is 17.1 Å². The molecular formula is C15H12ClFN2OS. The van der Waals surface area contributed by atoms with Gasteiger partial charge < -0.3 is 9.72 Å². The number of imidazole rings is 1. The summed E-state index contributed by atoms with van der Waals surface area (Å²) in [6.45, 7) is 0. The summed E-state index contributed by atoms with van der Waals surface area (Å²) in [6.07, 6.45) is 0. The molecule has 0 aliphatic carbocycles. The molecule has 0 saturated carbocycles. The lowest BCUT2D eigenvalue weighted by Crippen LogP contribution is -1.85. The molecule has 3 rings (SSSR count). The van der Waals surface area contributed by atoms with Crippen molar-refractivity contribution in [2.24, 2.45) is 0 Å². The fourth-order valence-corrected chi connectivity index (χ4v) is 3.15. The molecule has 0 atom stereocenters. The lowest BCUT2D eigenvalue weighted by atomic mass is 10.2. The van der Waals surface area contributed by atoms with Crippen LogP contribution in [0, 0.1) is 5.82 Å². The van der Waals surface area contributed by atoms with Gasteiger partial charge in [0.1, 0.15) is 11.6 Å². The molecule has 1 aromatic heterocycles. The van der Waals surface area contributed by atoms with Crippen molar-refractivity contribution >= 4 is 34.4 Å². The molecule has 0 bridgehead atoms. The summed E-state index contributed by atoms with van der Waals surface area (Å²) < 4.78 is 18.2. The minimum atomic E-state index is -0.329. The molecule has 0 spiro atoms. The van der Waals surface area contributed by atoms with Gasteiger partial charge in [0.05, 0.1) is 18.1 Å². The topological polar surface area (TPSA) is 37.9 Å². The van der Waals surface area contributed by atoms with Gasteiger partial charge in [0.2, 0.25) is 0 Å². The van der Waals surface area contributed by atoms with E-state index in [1.807, 2.05) is 18.2 Å². The predicted octanol–water partition coefficient (Wildman–Crippen LogP) is 4.66. The summed E-state index contributed by atoms with van der Waals surface area (Å²) in [6, 6.07) is 10.1. The number of aromatic amines is 1. The summed E-state index contributed by atoms with van der Waals surface area (Å²) in [5, 5.41) is 1.22. The van der Waals surface area contributed by atoms with Crippen LogP contribution in [0.25, 0.3) is 11.0 Å². The van der Waals surface area contributed by atoms with Gasteiger partial charge in [-0.1, -0.05) is 29.4 Å². The number of rotatable bonds is 4. The predicted molar refractivity (Wildman–Crippen MR) is 83.6 cm³/mol. The van der Waals surface area contributed by atoms with E-state index < -0.39 is 0 Å². The van der Waals surface area contributed by atoms with Crippen LogP contribution < -0.4 is 4.74 Å². The third-order valence-electron chi connectivity index (χ3n) is 3.05. The molecule has 2 aromatic carbocycles. The van der Waals surface area contributed by atoms with E-state index in [-0.39, 0.29) is 5.82 Å². The summed E-state index contributed by atoms with van der Waals surface area (Å²) >= 11 is 7.53. The van der Waals surface area contributed by atoms with Crippen LogP contribution in [0.4, 0.5) is 4.39 Å². The number of aromatic nitrogens is 2. The average Bonchev–Trinajstić information content (AvgIpc) is 2.88. The lowest BCUT2D eigenvalue weighted by Gasteiger charge is -2.02. The van der Waals surface area contributed by atoms with Gasteiger partial charge in [0, 0.05) is 16.8 Å². The molecule has 0 amide bonds. The van der Waals surface area contributed by atoms with Crippen LogP contribution in [-0.2, 0) is 5.75 Å². The zero-order valence-corrected chi connectivity index (χ0v) is 12.8. The van der Waals surface area contributed by atoms with Crippen LogP contribution in [0.1, 0.15) is 5.56 Å². The number of nitrogens with one attached hydrogen (secondary N) is 1. The molecule has 0 aliphatic rings. The van der Waals surface area contributed by atoms with Gasteiger partial charge in [-0.05, 0) is 29.8 Å². The fourth-order valence-electron chi connectivity index (χ4n) is 1.95. The first-order valence-corrected chi connectivity index (χ1v) is 7.62. The van der Waals surface area contributed by atoms with Crippen LogP contribution in [0.5, 0.6) is 5.75 Å². The quantitative estimate of drug-likeness (QED) is 0.710. The maximum Gasteiger partial charge on any atom is 0.166 e. The molecule has 0 unspecified atom stereocenters. The first-order chi connectivity index (χ1) is 10.2. The second kappa shape index (κ2) is 5.95. The van der Waals surface area contributed by atoms with Gasteiger partial charge in [-0.2, -0.15) is 0 Å². The molecule has 0 fully saturated rings. The van der Waals surface area contributed by atoms with Crippen molar-refractivity contribution in [1.82, 2.24) is 9.97 Å². The molecular weight excluding hydrogens is 311 g/mol. The van der Waals surface area contributed by atoms with Gasteiger partial charge in [-0.3, -0.25) is 0 Å². The van der Waals surface area contributed by atoms with Crippen LogP contribution in [0.3, 0.4) is 0 Å². The molecule has 3 nitrogen and oxygen atoms in total. The maximum atomic E-state index is 13.0. The number of methoxy groups -OCH3 is 1. The van der Waals surface area contributed by atoms with Gasteiger partial charge in [-0.15, -0.1) is 0 Å². The molecule has 0 aliphatic heterocycles. The van der Waals surface area contributed by atoms with E-state index in [1.165, 1.54) is 23.9 Å². The van der Waals surface area contributed by atoms with Crippen molar-refractivity contribution in [2.75, 3.05) is 7.11 Å². The normalized spacial score (nSPS) is 11.0. The molecule has 0 saturated heterocycles. The van der Waals surface area contributed by atoms with E-state index in [9.17, 15) is 4.39 Å². The van der Waals surface area contributed by atoms with Crippen LogP contribution in [0.2, 0.25) is 5.02 Å². The van der Waals surface area contributed by atoms with Crippen molar-refractivity contribution in [1.29, 1.82) is 0 Å². The smallest absolute Gasteiger partial charge is 0.166 e. The monoisotopic (exact) mass is 322 g/mol. The Hall–Kier alpha value is -1.72. The van der Waals surface area contributed by atoms with Gasteiger partial charge in [0.25, 0.3) is 0 Å². The maximum absolute atomic E-state index is 13.0. The Balaban J connectivity index is 1.78. The number of ether oxygens (including phenoxy) is 1. The molecule has 1 N–H and O–H groups in total. The van der Waals surface area contributed by atoms with Crippen LogP contribution >= 0.6 is 23.4 Å². The highest BCUT2D eigenvalue weighted by Gasteiger charge is 2.07. The molecule has 108 valence electrons. The second-order valence-electron chi connectivity index (χ2n) is 4.45. The van der Waals surface area contributed by atoms with Gasteiger partial charge in [-0.25, -0.2) is 9.37 Å². The Morgan fingerprint density at radius 3 is 2.90 bits per heavy atom. The van der Waals surface area contributed by atoms with Crippen molar-refractivity contribution in [2.45, 2.75) is 10.9 Å². The Morgan fingerprint density at radius 1 is 1.29 bits per heavy atom. The first-order valence-electron chi connectivity index (χ1n) is 6.26. The minimum absolute atomic E-state index is 0.329. The standard InChI is InChI=1S/C15H12ClFN2OS/c1-20-11-4-5-13-14(7-11)19-15(18-13)21-8-9-2-3-10(17)6-12(9)16/h2-7H,8H2,1H3,(H,18,19). The second-order valence-corrected chi connectivity index (χ2v) is 5.82. The fraction of sp³-hybridized carbons (Fsp3) is 0.133. The van der Waals surface area contributed by atoms with E-state index in [0.717, 1.165) is 27.5 Å². The molecule has 3 aromatic rings. The van der Waals surface area contributed by atoms with Gasteiger partial charge >= 0.3 is 0 Å². The number of nitrogens with zero attached hydrogens (tertiary/aromatic N) is 1. The zero-order valence-electron chi connectivity index (χ0n) is 11.2. The average molecular weight is 323 g/mol. The van der Waals surface area contributed by atoms with Crippen molar-refractivity contribution in [3.05, 3.63) is 52.8 Å².